The van der Waals surface area contributed by atoms with E-state index in [2.05, 4.69) is 33.4 Å². The van der Waals surface area contributed by atoms with Gasteiger partial charge in [0.15, 0.2) is 0 Å². The first-order valence-electron chi connectivity index (χ1n) is 6.78. The van der Waals surface area contributed by atoms with Crippen molar-refractivity contribution in [2.45, 2.75) is 12.5 Å². The van der Waals surface area contributed by atoms with Crippen LogP contribution in [0.1, 0.15) is 12.0 Å². The average molecular weight is 264 g/mol. The fourth-order valence-corrected chi connectivity index (χ4v) is 2.58. The zero-order valence-electron chi connectivity index (χ0n) is 11.2. The molecule has 0 unspecified atom stereocenters. The molecule has 1 aliphatic heterocycles. The maximum Gasteiger partial charge on any atom is 0.146 e. The first-order chi connectivity index (χ1) is 9.86. The molecule has 0 aliphatic carbocycles. The third-order valence-electron chi connectivity index (χ3n) is 3.54. The first kappa shape index (κ1) is 12.5. The Bertz CT molecular complexity index is 618. The second-order valence-corrected chi connectivity index (χ2v) is 4.93. The third kappa shape index (κ3) is 2.57. The van der Waals surface area contributed by atoms with E-state index in [1.165, 1.54) is 0 Å². The number of anilines is 2. The fourth-order valence-electron chi connectivity index (χ4n) is 2.58. The number of rotatable bonds is 3. The summed E-state index contributed by atoms with van der Waals surface area (Å²) >= 11 is 0. The highest BCUT2D eigenvalue weighted by atomic mass is 15.2. The van der Waals surface area contributed by atoms with Crippen LogP contribution in [0.2, 0.25) is 0 Å². The number of hydrogen-bond donors (Lipinski definition) is 1. The number of hydrogen-bond acceptors (Lipinski definition) is 4. The Morgan fingerprint density at radius 1 is 1.20 bits per heavy atom. The molecule has 2 heterocycles. The summed E-state index contributed by atoms with van der Waals surface area (Å²) in [5.41, 5.74) is 1.79. The summed E-state index contributed by atoms with van der Waals surface area (Å²) in [6.45, 7) is 1.80. The molecule has 0 saturated carbocycles. The van der Waals surface area contributed by atoms with Gasteiger partial charge >= 0.3 is 0 Å². The van der Waals surface area contributed by atoms with E-state index < -0.39 is 0 Å². The molecule has 1 aliphatic rings. The van der Waals surface area contributed by atoms with Crippen molar-refractivity contribution in [3.05, 3.63) is 54.2 Å². The molecule has 1 atom stereocenters. The van der Waals surface area contributed by atoms with E-state index >= 15 is 0 Å². The zero-order valence-corrected chi connectivity index (χ0v) is 11.2. The smallest absolute Gasteiger partial charge is 0.146 e. The van der Waals surface area contributed by atoms with E-state index in [0.717, 1.165) is 31.0 Å². The summed E-state index contributed by atoms with van der Waals surface area (Å²) in [4.78, 5) is 6.53. The second kappa shape index (κ2) is 5.62. The summed E-state index contributed by atoms with van der Waals surface area (Å²) in [7, 11) is 0. The van der Waals surface area contributed by atoms with Gasteiger partial charge in [-0.3, -0.25) is 0 Å². The van der Waals surface area contributed by atoms with Crippen LogP contribution in [0.5, 0.6) is 0 Å². The van der Waals surface area contributed by atoms with Crippen LogP contribution in [0.25, 0.3) is 0 Å². The minimum atomic E-state index is 0.394. The van der Waals surface area contributed by atoms with Crippen LogP contribution >= 0.6 is 0 Å². The molecule has 4 nitrogen and oxygen atoms in total. The van der Waals surface area contributed by atoms with Gasteiger partial charge in [0.25, 0.3) is 0 Å². The summed E-state index contributed by atoms with van der Waals surface area (Å²) in [6.07, 6.45) is 2.80. The molecule has 4 heteroatoms. The molecule has 3 rings (SSSR count). The van der Waals surface area contributed by atoms with Crippen LogP contribution in [-0.4, -0.2) is 24.1 Å². The number of aromatic nitrogens is 1. The normalized spacial score (nSPS) is 17.8. The average Bonchev–Trinajstić information content (AvgIpc) is 2.96. The molecular formula is C16H16N4. The lowest BCUT2D eigenvalue weighted by molar-refractivity contribution is 0.806. The van der Waals surface area contributed by atoms with Gasteiger partial charge in [-0.25, -0.2) is 4.98 Å². The molecule has 1 saturated heterocycles. The van der Waals surface area contributed by atoms with Crippen molar-refractivity contribution in [3.8, 4) is 6.07 Å². The number of nitriles is 1. The molecule has 0 bridgehead atoms. The van der Waals surface area contributed by atoms with Gasteiger partial charge in [-0.15, -0.1) is 0 Å². The summed E-state index contributed by atoms with van der Waals surface area (Å²) < 4.78 is 0. The molecule has 20 heavy (non-hydrogen) atoms. The largest absolute Gasteiger partial charge is 0.380 e. The Kier molecular flexibility index (Phi) is 3.51. The maximum absolute atomic E-state index is 9.15. The number of nitrogens with one attached hydrogen (secondary N) is 1. The van der Waals surface area contributed by atoms with E-state index in [0.29, 0.717) is 11.6 Å². The van der Waals surface area contributed by atoms with Crippen molar-refractivity contribution in [2.75, 3.05) is 23.3 Å². The highest BCUT2D eigenvalue weighted by Gasteiger charge is 2.24. The molecular weight excluding hydrogens is 248 g/mol. The van der Waals surface area contributed by atoms with Crippen LogP contribution in [0, 0.1) is 11.3 Å². The molecule has 1 aromatic heterocycles. The Labute approximate surface area is 118 Å². The highest BCUT2D eigenvalue weighted by molar-refractivity contribution is 5.55. The Morgan fingerprint density at radius 2 is 2.05 bits per heavy atom. The van der Waals surface area contributed by atoms with Crippen molar-refractivity contribution in [3.63, 3.8) is 0 Å². The van der Waals surface area contributed by atoms with Crippen LogP contribution in [0.3, 0.4) is 0 Å². The monoisotopic (exact) mass is 264 g/mol. The fraction of sp³-hybridized carbons (Fsp3) is 0.250. The van der Waals surface area contributed by atoms with Crippen LogP contribution < -0.4 is 10.2 Å². The molecule has 0 amide bonds. The summed E-state index contributed by atoms with van der Waals surface area (Å²) in [5.74, 6) is 0.798. The number of pyridine rings is 1. The van der Waals surface area contributed by atoms with Gasteiger partial charge < -0.3 is 10.2 Å². The van der Waals surface area contributed by atoms with Crippen molar-refractivity contribution in [1.82, 2.24) is 4.98 Å². The van der Waals surface area contributed by atoms with Gasteiger partial charge in [-0.05, 0) is 30.7 Å². The molecule has 0 spiro atoms. The minimum Gasteiger partial charge on any atom is -0.380 e. The van der Waals surface area contributed by atoms with Gasteiger partial charge in [0, 0.05) is 31.0 Å². The van der Waals surface area contributed by atoms with E-state index in [1.807, 2.05) is 24.3 Å². The summed E-state index contributed by atoms with van der Waals surface area (Å²) in [5, 5.41) is 12.7. The number of benzene rings is 1. The molecule has 2 aromatic rings. The van der Waals surface area contributed by atoms with Crippen LogP contribution in [0.4, 0.5) is 11.5 Å². The lowest BCUT2D eigenvalue weighted by Gasteiger charge is -2.19. The molecule has 100 valence electrons. The third-order valence-corrected chi connectivity index (χ3v) is 3.54. The Balaban J connectivity index is 1.69. The topological polar surface area (TPSA) is 52.0 Å². The second-order valence-electron chi connectivity index (χ2n) is 4.93. The molecule has 1 fully saturated rings. The Morgan fingerprint density at radius 3 is 2.85 bits per heavy atom. The molecule has 0 radical (unpaired) electrons. The standard InChI is InChI=1S/C16H16N4/c17-11-13-5-4-9-18-16(13)20-10-8-15(12-20)19-14-6-2-1-3-7-14/h1-7,9,15,19H,8,10,12H2/t15-/m1/s1. The predicted molar refractivity (Wildman–Crippen MR) is 79.6 cm³/mol. The minimum absolute atomic E-state index is 0.394. The van der Waals surface area contributed by atoms with Crippen LogP contribution in [-0.2, 0) is 0 Å². The number of nitrogens with zero attached hydrogens (tertiary/aromatic N) is 3. The van der Waals surface area contributed by atoms with Gasteiger partial charge in [0.2, 0.25) is 0 Å². The van der Waals surface area contributed by atoms with E-state index in [1.54, 1.807) is 12.3 Å². The van der Waals surface area contributed by atoms with Crippen molar-refractivity contribution in [1.29, 1.82) is 5.26 Å². The van der Waals surface area contributed by atoms with Gasteiger partial charge in [-0.1, -0.05) is 18.2 Å². The first-order valence-corrected chi connectivity index (χ1v) is 6.78. The maximum atomic E-state index is 9.15. The number of para-hydroxylation sites is 1. The summed E-state index contributed by atoms with van der Waals surface area (Å²) in [6, 6.07) is 16.4. The predicted octanol–water partition coefficient (Wildman–Crippen LogP) is 2.64. The van der Waals surface area contributed by atoms with Crippen molar-refractivity contribution >= 4 is 11.5 Å². The lowest BCUT2D eigenvalue weighted by Crippen LogP contribution is -2.27. The van der Waals surface area contributed by atoms with Crippen LogP contribution in [0.15, 0.2) is 48.7 Å². The van der Waals surface area contributed by atoms with Crippen molar-refractivity contribution < 1.29 is 0 Å². The Hall–Kier alpha value is -2.54. The van der Waals surface area contributed by atoms with Gasteiger partial charge in [0.1, 0.15) is 11.9 Å². The molecule has 1 aromatic carbocycles. The van der Waals surface area contributed by atoms with E-state index in [9.17, 15) is 0 Å². The van der Waals surface area contributed by atoms with Gasteiger partial charge in [0.05, 0.1) is 5.56 Å². The highest BCUT2D eigenvalue weighted by Crippen LogP contribution is 2.23. The quantitative estimate of drug-likeness (QED) is 0.926. The van der Waals surface area contributed by atoms with Gasteiger partial charge in [-0.2, -0.15) is 5.26 Å². The van der Waals surface area contributed by atoms with E-state index in [4.69, 9.17) is 5.26 Å². The SMILES string of the molecule is N#Cc1cccnc1N1CC[C@@H](Nc2ccccc2)C1. The molecule has 1 N–H and O–H groups in total. The van der Waals surface area contributed by atoms with Crippen molar-refractivity contribution in [2.24, 2.45) is 0 Å². The zero-order chi connectivity index (χ0) is 13.8. The lowest BCUT2D eigenvalue weighted by atomic mass is 10.2. The van der Waals surface area contributed by atoms with E-state index in [-0.39, 0.29) is 0 Å².